The van der Waals surface area contributed by atoms with Crippen LogP contribution < -0.4 is 10.1 Å². The fraction of sp³-hybridized carbons (Fsp3) is 0.0667. The molecule has 0 spiro atoms. The maximum Gasteiger partial charge on any atom is 0.275 e. The molecule has 6 heteroatoms. The second-order valence-corrected chi connectivity index (χ2v) is 5.13. The van der Waals surface area contributed by atoms with Gasteiger partial charge in [0.2, 0.25) is 0 Å². The molecule has 1 N–H and O–H groups in total. The first-order valence-electron chi connectivity index (χ1n) is 6.30. The quantitative estimate of drug-likeness (QED) is 0.805. The summed E-state index contributed by atoms with van der Waals surface area (Å²) in [4.78, 5) is 16.5. The van der Waals surface area contributed by atoms with E-state index in [-0.39, 0.29) is 5.91 Å². The summed E-state index contributed by atoms with van der Waals surface area (Å²) in [6, 6.07) is 11.0. The molecule has 0 atom stereocenters. The lowest BCUT2D eigenvalue weighted by molar-refractivity contribution is 0.102. The van der Waals surface area contributed by atoms with E-state index in [4.69, 9.17) is 4.74 Å². The molecule has 0 aliphatic rings. The van der Waals surface area contributed by atoms with Crippen LogP contribution in [0, 0.1) is 0 Å². The highest BCUT2D eigenvalue weighted by Crippen LogP contribution is 2.19. The predicted molar refractivity (Wildman–Crippen MR) is 82.4 cm³/mol. The number of nitrogens with zero attached hydrogens (tertiary/aromatic N) is 2. The van der Waals surface area contributed by atoms with Crippen molar-refractivity contribution >= 4 is 22.9 Å². The van der Waals surface area contributed by atoms with E-state index in [0.717, 1.165) is 5.13 Å². The Labute approximate surface area is 125 Å². The molecular weight excluding hydrogens is 286 g/mol. The minimum absolute atomic E-state index is 0.238. The maximum absolute atomic E-state index is 12.2. The number of methoxy groups -OCH3 is 1. The van der Waals surface area contributed by atoms with Crippen molar-refractivity contribution in [3.8, 4) is 10.9 Å². The SMILES string of the molecule is COc1cccc(NC(=O)c2csc(-n3cccc3)n2)c1. The molecule has 0 saturated carbocycles. The molecule has 3 aromatic rings. The van der Waals surface area contributed by atoms with Crippen LogP contribution in [-0.2, 0) is 0 Å². The largest absolute Gasteiger partial charge is 0.497 e. The molecule has 0 aliphatic carbocycles. The van der Waals surface area contributed by atoms with Crippen LogP contribution in [0.1, 0.15) is 10.5 Å². The molecular formula is C15H13N3O2S. The van der Waals surface area contributed by atoms with E-state index in [0.29, 0.717) is 17.1 Å². The summed E-state index contributed by atoms with van der Waals surface area (Å²) >= 11 is 1.42. The van der Waals surface area contributed by atoms with Crippen molar-refractivity contribution in [2.45, 2.75) is 0 Å². The van der Waals surface area contributed by atoms with E-state index in [1.54, 1.807) is 24.6 Å². The smallest absolute Gasteiger partial charge is 0.275 e. The Hall–Kier alpha value is -2.60. The summed E-state index contributed by atoms with van der Waals surface area (Å²) in [5.74, 6) is 0.456. The van der Waals surface area contributed by atoms with Crippen LogP contribution in [0.15, 0.2) is 54.2 Å². The number of hydrogen-bond acceptors (Lipinski definition) is 4. The standard InChI is InChI=1S/C15H13N3O2S/c1-20-12-6-4-5-11(9-12)16-14(19)13-10-21-15(17-13)18-7-2-3-8-18/h2-10H,1H3,(H,16,19). The summed E-state index contributed by atoms with van der Waals surface area (Å²) in [5, 5.41) is 5.31. The number of carbonyl (C=O) groups is 1. The summed E-state index contributed by atoms with van der Waals surface area (Å²) in [7, 11) is 1.59. The Kier molecular flexibility index (Phi) is 3.70. The lowest BCUT2D eigenvalue weighted by atomic mass is 10.3. The van der Waals surface area contributed by atoms with Crippen molar-refractivity contribution in [2.24, 2.45) is 0 Å². The van der Waals surface area contributed by atoms with Crippen molar-refractivity contribution < 1.29 is 9.53 Å². The third-order valence-corrected chi connectivity index (χ3v) is 3.73. The van der Waals surface area contributed by atoms with Gasteiger partial charge in [0.25, 0.3) is 5.91 Å². The van der Waals surface area contributed by atoms with Gasteiger partial charge in [0.1, 0.15) is 11.4 Å². The summed E-state index contributed by atoms with van der Waals surface area (Å²) in [6.45, 7) is 0. The zero-order valence-electron chi connectivity index (χ0n) is 11.3. The molecule has 0 radical (unpaired) electrons. The average molecular weight is 299 g/mol. The number of amides is 1. The summed E-state index contributed by atoms with van der Waals surface area (Å²) in [5.41, 5.74) is 1.07. The third kappa shape index (κ3) is 2.95. The van der Waals surface area contributed by atoms with Crippen LogP contribution in [0.3, 0.4) is 0 Å². The lowest BCUT2D eigenvalue weighted by Crippen LogP contribution is -2.12. The van der Waals surface area contributed by atoms with Gasteiger partial charge in [-0.05, 0) is 24.3 Å². The number of anilines is 1. The van der Waals surface area contributed by atoms with Gasteiger partial charge in [0.05, 0.1) is 7.11 Å². The van der Waals surface area contributed by atoms with Crippen LogP contribution in [0.4, 0.5) is 5.69 Å². The van der Waals surface area contributed by atoms with Gasteiger partial charge in [-0.3, -0.25) is 4.79 Å². The van der Waals surface area contributed by atoms with E-state index >= 15 is 0 Å². The van der Waals surface area contributed by atoms with Gasteiger partial charge in [-0.25, -0.2) is 4.98 Å². The highest BCUT2D eigenvalue weighted by Gasteiger charge is 2.12. The number of nitrogens with one attached hydrogen (secondary N) is 1. The summed E-state index contributed by atoms with van der Waals surface area (Å²) < 4.78 is 7.00. The van der Waals surface area contributed by atoms with Gasteiger partial charge in [-0.1, -0.05) is 6.07 Å². The monoisotopic (exact) mass is 299 g/mol. The van der Waals surface area contributed by atoms with Gasteiger partial charge >= 0.3 is 0 Å². The first kappa shape index (κ1) is 13.4. The molecule has 1 amide bonds. The van der Waals surface area contributed by atoms with Crippen molar-refractivity contribution in [1.82, 2.24) is 9.55 Å². The molecule has 5 nitrogen and oxygen atoms in total. The normalized spacial score (nSPS) is 10.3. The number of benzene rings is 1. The van der Waals surface area contributed by atoms with Crippen LogP contribution in [0.25, 0.3) is 5.13 Å². The molecule has 0 aliphatic heterocycles. The molecule has 2 heterocycles. The maximum atomic E-state index is 12.2. The molecule has 106 valence electrons. The number of ether oxygens (including phenoxy) is 1. The first-order valence-corrected chi connectivity index (χ1v) is 7.18. The van der Waals surface area contributed by atoms with Crippen LogP contribution in [0.2, 0.25) is 0 Å². The van der Waals surface area contributed by atoms with E-state index < -0.39 is 0 Å². The van der Waals surface area contributed by atoms with Gasteiger partial charge < -0.3 is 14.6 Å². The Morgan fingerprint density at radius 1 is 1.29 bits per heavy atom. The second kappa shape index (κ2) is 5.80. The Bertz CT molecular complexity index is 750. The minimum atomic E-state index is -0.238. The first-order chi connectivity index (χ1) is 10.3. The van der Waals surface area contributed by atoms with Crippen molar-refractivity contribution in [3.05, 3.63) is 59.9 Å². The Balaban J connectivity index is 1.76. The molecule has 0 bridgehead atoms. The number of thiazole rings is 1. The van der Waals surface area contributed by atoms with Gasteiger partial charge in [0.15, 0.2) is 5.13 Å². The molecule has 0 saturated heterocycles. The lowest BCUT2D eigenvalue weighted by Gasteiger charge is -2.05. The third-order valence-electron chi connectivity index (χ3n) is 2.88. The number of aromatic nitrogens is 2. The molecule has 0 fully saturated rings. The topological polar surface area (TPSA) is 56.1 Å². The van der Waals surface area contributed by atoms with E-state index in [1.807, 2.05) is 41.2 Å². The summed E-state index contributed by atoms with van der Waals surface area (Å²) in [6.07, 6.45) is 3.78. The second-order valence-electron chi connectivity index (χ2n) is 4.29. The molecule has 3 rings (SSSR count). The van der Waals surface area contributed by atoms with Crippen LogP contribution in [-0.4, -0.2) is 22.6 Å². The highest BCUT2D eigenvalue weighted by atomic mass is 32.1. The van der Waals surface area contributed by atoms with Crippen LogP contribution >= 0.6 is 11.3 Å². The van der Waals surface area contributed by atoms with E-state index in [9.17, 15) is 4.79 Å². The minimum Gasteiger partial charge on any atom is -0.497 e. The zero-order chi connectivity index (χ0) is 14.7. The number of rotatable bonds is 4. The van der Waals surface area contributed by atoms with E-state index in [1.165, 1.54) is 11.3 Å². The van der Waals surface area contributed by atoms with Crippen molar-refractivity contribution in [3.63, 3.8) is 0 Å². The Morgan fingerprint density at radius 3 is 2.86 bits per heavy atom. The van der Waals surface area contributed by atoms with Crippen LogP contribution in [0.5, 0.6) is 5.75 Å². The highest BCUT2D eigenvalue weighted by molar-refractivity contribution is 7.12. The van der Waals surface area contributed by atoms with Crippen molar-refractivity contribution in [2.75, 3.05) is 12.4 Å². The van der Waals surface area contributed by atoms with Crippen molar-refractivity contribution in [1.29, 1.82) is 0 Å². The van der Waals surface area contributed by atoms with Gasteiger partial charge in [0, 0.05) is 29.5 Å². The zero-order valence-corrected chi connectivity index (χ0v) is 12.1. The average Bonchev–Trinajstić information content (AvgIpc) is 3.18. The Morgan fingerprint density at radius 2 is 2.10 bits per heavy atom. The predicted octanol–water partition coefficient (Wildman–Crippen LogP) is 3.19. The van der Waals surface area contributed by atoms with E-state index in [2.05, 4.69) is 10.3 Å². The molecule has 0 unspecified atom stereocenters. The molecule has 1 aromatic carbocycles. The fourth-order valence-electron chi connectivity index (χ4n) is 1.85. The molecule has 21 heavy (non-hydrogen) atoms. The van der Waals surface area contributed by atoms with Gasteiger partial charge in [-0.15, -0.1) is 11.3 Å². The number of carbonyl (C=O) groups excluding carboxylic acids is 1. The fourth-order valence-corrected chi connectivity index (χ4v) is 2.62. The number of hydrogen-bond donors (Lipinski definition) is 1. The molecule has 2 aromatic heterocycles. The van der Waals surface area contributed by atoms with Gasteiger partial charge in [-0.2, -0.15) is 0 Å².